The van der Waals surface area contributed by atoms with Gasteiger partial charge in [0, 0.05) is 12.6 Å². The van der Waals surface area contributed by atoms with Crippen LogP contribution >= 0.6 is 0 Å². The first-order valence-corrected chi connectivity index (χ1v) is 6.64. The van der Waals surface area contributed by atoms with Crippen LogP contribution in [0.15, 0.2) is 12.1 Å². The highest BCUT2D eigenvalue weighted by Gasteiger charge is 2.15. The highest BCUT2D eigenvalue weighted by atomic mass is 16.6. The van der Waals surface area contributed by atoms with Crippen LogP contribution in [0.2, 0.25) is 0 Å². The summed E-state index contributed by atoms with van der Waals surface area (Å²) < 4.78 is 0. The van der Waals surface area contributed by atoms with Crippen molar-refractivity contribution >= 4 is 17.3 Å². The van der Waals surface area contributed by atoms with Crippen LogP contribution < -0.4 is 10.6 Å². The summed E-state index contributed by atoms with van der Waals surface area (Å²) in [5.41, 5.74) is 0.0482. The zero-order valence-corrected chi connectivity index (χ0v) is 11.9. The maximum atomic E-state index is 10.9. The zero-order valence-electron chi connectivity index (χ0n) is 11.9. The minimum Gasteiger partial charge on any atom is -0.370 e. The third kappa shape index (κ3) is 4.39. The van der Waals surface area contributed by atoms with Crippen LogP contribution in [0.4, 0.5) is 17.3 Å². The first kappa shape index (κ1) is 15.2. The molecule has 106 valence electrons. The Labute approximate surface area is 113 Å². The lowest BCUT2D eigenvalue weighted by atomic mass is 10.0. The van der Waals surface area contributed by atoms with Gasteiger partial charge < -0.3 is 10.6 Å². The lowest BCUT2D eigenvalue weighted by Gasteiger charge is -2.21. The summed E-state index contributed by atoms with van der Waals surface area (Å²) in [5.74, 6) is 1.51. The topological polar surface area (TPSA) is 80.1 Å². The second-order valence-corrected chi connectivity index (χ2v) is 4.79. The Balaban J connectivity index is 3.01. The van der Waals surface area contributed by atoms with Crippen LogP contribution in [0, 0.1) is 16.0 Å². The van der Waals surface area contributed by atoms with E-state index >= 15 is 0 Å². The number of nitro groups is 1. The van der Waals surface area contributed by atoms with Crippen LogP contribution in [0.3, 0.4) is 0 Å². The fourth-order valence-electron chi connectivity index (χ4n) is 1.90. The maximum Gasteiger partial charge on any atom is 0.276 e. The van der Waals surface area contributed by atoms with E-state index in [1.54, 1.807) is 0 Å². The number of hydrogen-bond donors (Lipinski definition) is 2. The van der Waals surface area contributed by atoms with Crippen molar-refractivity contribution in [2.24, 2.45) is 5.92 Å². The summed E-state index contributed by atoms with van der Waals surface area (Å²) in [7, 11) is 0. The molecule has 0 spiro atoms. The summed E-state index contributed by atoms with van der Waals surface area (Å²) in [6.45, 7) is 8.92. The molecular formula is C13H22N4O2. The first-order valence-electron chi connectivity index (χ1n) is 6.64. The van der Waals surface area contributed by atoms with Gasteiger partial charge in [0.1, 0.15) is 11.6 Å². The van der Waals surface area contributed by atoms with Gasteiger partial charge in [0.25, 0.3) is 5.69 Å². The normalized spacial score (nSPS) is 12.3. The van der Waals surface area contributed by atoms with Gasteiger partial charge in [0.15, 0.2) is 0 Å². The molecule has 0 aliphatic heterocycles. The molecule has 0 fully saturated rings. The van der Waals surface area contributed by atoms with Crippen LogP contribution in [0.5, 0.6) is 0 Å². The van der Waals surface area contributed by atoms with E-state index < -0.39 is 4.92 Å². The monoisotopic (exact) mass is 266 g/mol. The van der Waals surface area contributed by atoms with Gasteiger partial charge in [-0.1, -0.05) is 20.8 Å². The number of nitrogens with one attached hydrogen (secondary N) is 2. The van der Waals surface area contributed by atoms with Crippen molar-refractivity contribution in [2.45, 2.75) is 40.2 Å². The van der Waals surface area contributed by atoms with Crippen LogP contribution in [-0.4, -0.2) is 22.5 Å². The number of pyridine rings is 1. The Hall–Kier alpha value is -1.85. The average molecular weight is 266 g/mol. The van der Waals surface area contributed by atoms with Crippen LogP contribution in [0.1, 0.15) is 34.1 Å². The molecule has 0 saturated heterocycles. The Morgan fingerprint density at radius 2 is 1.95 bits per heavy atom. The van der Waals surface area contributed by atoms with E-state index in [4.69, 9.17) is 0 Å². The lowest BCUT2D eigenvalue weighted by molar-refractivity contribution is -0.384. The fraction of sp³-hybridized carbons (Fsp3) is 0.615. The Bertz CT molecular complexity index is 435. The summed E-state index contributed by atoms with van der Waals surface area (Å²) in [4.78, 5) is 14.9. The molecule has 0 amide bonds. The van der Waals surface area contributed by atoms with Gasteiger partial charge in [0.2, 0.25) is 0 Å². The number of rotatable bonds is 7. The standard InChI is InChI=1S/C13H22N4O2/c1-5-11(9(3)4)15-13-8-10(17(18)19)7-12(16-13)14-6-2/h7-9,11H,5-6H2,1-4H3,(H2,14,15,16). The largest absolute Gasteiger partial charge is 0.370 e. The average Bonchev–Trinajstić information content (AvgIpc) is 2.35. The maximum absolute atomic E-state index is 10.9. The van der Waals surface area contributed by atoms with Crippen molar-refractivity contribution in [1.82, 2.24) is 4.98 Å². The Kier molecular flexibility index (Phi) is 5.54. The van der Waals surface area contributed by atoms with Crippen molar-refractivity contribution < 1.29 is 4.92 Å². The van der Waals surface area contributed by atoms with Gasteiger partial charge in [-0.3, -0.25) is 10.1 Å². The molecule has 0 saturated carbocycles. The second kappa shape index (κ2) is 6.92. The zero-order chi connectivity index (χ0) is 14.4. The van der Waals surface area contributed by atoms with Crippen molar-refractivity contribution in [3.8, 4) is 0 Å². The minimum atomic E-state index is -0.399. The van der Waals surface area contributed by atoms with Gasteiger partial charge in [-0.15, -0.1) is 0 Å². The van der Waals surface area contributed by atoms with E-state index in [9.17, 15) is 10.1 Å². The minimum absolute atomic E-state index is 0.0482. The van der Waals surface area contributed by atoms with Crippen LogP contribution in [-0.2, 0) is 0 Å². The third-order valence-corrected chi connectivity index (χ3v) is 2.96. The highest BCUT2D eigenvalue weighted by molar-refractivity contribution is 5.55. The molecule has 2 N–H and O–H groups in total. The van der Waals surface area contributed by atoms with E-state index in [2.05, 4.69) is 36.4 Å². The molecule has 6 nitrogen and oxygen atoms in total. The van der Waals surface area contributed by atoms with Crippen LogP contribution in [0.25, 0.3) is 0 Å². The van der Waals surface area contributed by atoms with E-state index in [1.165, 1.54) is 12.1 Å². The van der Waals surface area contributed by atoms with E-state index in [-0.39, 0.29) is 11.7 Å². The van der Waals surface area contributed by atoms with E-state index in [1.807, 2.05) is 6.92 Å². The predicted molar refractivity (Wildman–Crippen MR) is 77.6 cm³/mol. The van der Waals surface area contributed by atoms with Crippen molar-refractivity contribution in [3.63, 3.8) is 0 Å². The number of aromatic nitrogens is 1. The lowest BCUT2D eigenvalue weighted by Crippen LogP contribution is -2.25. The third-order valence-electron chi connectivity index (χ3n) is 2.96. The predicted octanol–water partition coefficient (Wildman–Crippen LogP) is 3.27. The summed E-state index contributed by atoms with van der Waals surface area (Å²) in [6.07, 6.45) is 0.943. The van der Waals surface area contributed by atoms with E-state index in [0.29, 0.717) is 24.1 Å². The van der Waals surface area contributed by atoms with Gasteiger partial charge in [0.05, 0.1) is 17.1 Å². The van der Waals surface area contributed by atoms with Gasteiger partial charge in [-0.25, -0.2) is 4.98 Å². The quantitative estimate of drug-likeness (QED) is 0.585. The molecule has 6 heteroatoms. The molecule has 19 heavy (non-hydrogen) atoms. The Morgan fingerprint density at radius 3 is 2.42 bits per heavy atom. The molecule has 0 aromatic carbocycles. The molecule has 1 unspecified atom stereocenters. The molecule has 0 aliphatic carbocycles. The summed E-state index contributed by atoms with van der Waals surface area (Å²) >= 11 is 0. The molecular weight excluding hydrogens is 244 g/mol. The molecule has 1 heterocycles. The molecule has 0 aliphatic rings. The van der Waals surface area contributed by atoms with Gasteiger partial charge in [-0.2, -0.15) is 0 Å². The molecule has 1 aromatic rings. The van der Waals surface area contributed by atoms with Crippen molar-refractivity contribution in [2.75, 3.05) is 17.2 Å². The second-order valence-electron chi connectivity index (χ2n) is 4.79. The van der Waals surface area contributed by atoms with Crippen molar-refractivity contribution in [3.05, 3.63) is 22.2 Å². The fourth-order valence-corrected chi connectivity index (χ4v) is 1.90. The molecule has 0 radical (unpaired) electrons. The highest BCUT2D eigenvalue weighted by Crippen LogP contribution is 2.22. The number of anilines is 2. The Morgan fingerprint density at radius 1 is 1.32 bits per heavy atom. The van der Waals surface area contributed by atoms with Crippen molar-refractivity contribution in [1.29, 1.82) is 0 Å². The molecule has 0 bridgehead atoms. The summed E-state index contributed by atoms with van der Waals surface area (Å²) in [6, 6.07) is 3.18. The van der Waals surface area contributed by atoms with E-state index in [0.717, 1.165) is 6.42 Å². The molecule has 1 aromatic heterocycles. The summed E-state index contributed by atoms with van der Waals surface area (Å²) in [5, 5.41) is 17.2. The number of hydrogen-bond acceptors (Lipinski definition) is 5. The molecule has 1 rings (SSSR count). The van der Waals surface area contributed by atoms with Gasteiger partial charge >= 0.3 is 0 Å². The smallest absolute Gasteiger partial charge is 0.276 e. The number of nitrogens with zero attached hydrogens (tertiary/aromatic N) is 2. The molecule has 1 atom stereocenters. The first-order chi connectivity index (χ1) is 8.97. The SMILES string of the molecule is CCNc1cc([N+](=O)[O-])cc(NC(CC)C(C)C)n1. The van der Waals surface area contributed by atoms with Gasteiger partial charge in [-0.05, 0) is 19.3 Å².